The molecule has 100 valence electrons. The summed E-state index contributed by atoms with van der Waals surface area (Å²) in [5.41, 5.74) is 3.72. The Morgan fingerprint density at radius 2 is 1.60 bits per heavy atom. The zero-order valence-electron chi connectivity index (χ0n) is 11.9. The first-order valence-corrected chi connectivity index (χ1v) is 7.98. The lowest BCUT2D eigenvalue weighted by atomic mass is 9.97. The molecule has 0 saturated carbocycles. The third-order valence-electron chi connectivity index (χ3n) is 3.48. The van der Waals surface area contributed by atoms with E-state index in [0.717, 1.165) is 5.56 Å². The Bertz CT molecular complexity index is 673. The van der Waals surface area contributed by atoms with E-state index in [1.54, 1.807) is 0 Å². The van der Waals surface area contributed by atoms with Gasteiger partial charge >= 0.3 is 0 Å². The molecule has 0 radical (unpaired) electrons. The maximum absolute atomic E-state index is 3.36. The van der Waals surface area contributed by atoms with Crippen molar-refractivity contribution < 1.29 is 0 Å². The van der Waals surface area contributed by atoms with Crippen molar-refractivity contribution >= 4 is 11.8 Å². The summed E-state index contributed by atoms with van der Waals surface area (Å²) in [5, 5.41) is 0.488. The number of fused-ring (bicyclic) bond motifs is 2. The SMILES string of the molecule is CC(C)CC1Sc2ccccc2C#Cc2ccccc21. The summed E-state index contributed by atoms with van der Waals surface area (Å²) in [6.07, 6.45) is 1.18. The summed E-state index contributed by atoms with van der Waals surface area (Å²) in [7, 11) is 0. The molecule has 0 amide bonds. The Hall–Kier alpha value is -1.65. The zero-order chi connectivity index (χ0) is 13.9. The van der Waals surface area contributed by atoms with Gasteiger partial charge in [-0.2, -0.15) is 0 Å². The summed E-state index contributed by atoms with van der Waals surface area (Å²) >= 11 is 1.96. The minimum Gasteiger partial charge on any atom is -0.117 e. The van der Waals surface area contributed by atoms with Crippen LogP contribution in [0.2, 0.25) is 0 Å². The van der Waals surface area contributed by atoms with E-state index in [2.05, 4.69) is 74.2 Å². The van der Waals surface area contributed by atoms with Gasteiger partial charge in [0.05, 0.1) is 0 Å². The third kappa shape index (κ3) is 2.76. The van der Waals surface area contributed by atoms with Gasteiger partial charge in [-0.1, -0.05) is 56.0 Å². The van der Waals surface area contributed by atoms with Gasteiger partial charge in [0.25, 0.3) is 0 Å². The summed E-state index contributed by atoms with van der Waals surface area (Å²) in [6.45, 7) is 4.58. The van der Waals surface area contributed by atoms with Crippen LogP contribution in [0.15, 0.2) is 53.4 Å². The van der Waals surface area contributed by atoms with E-state index in [9.17, 15) is 0 Å². The van der Waals surface area contributed by atoms with Crippen LogP contribution in [0.25, 0.3) is 0 Å². The molecule has 2 aromatic carbocycles. The van der Waals surface area contributed by atoms with Crippen molar-refractivity contribution in [2.75, 3.05) is 0 Å². The minimum atomic E-state index is 0.488. The molecule has 0 aromatic heterocycles. The van der Waals surface area contributed by atoms with Crippen molar-refractivity contribution in [3.63, 3.8) is 0 Å². The summed E-state index contributed by atoms with van der Waals surface area (Å²) < 4.78 is 0. The van der Waals surface area contributed by atoms with Crippen LogP contribution in [-0.4, -0.2) is 0 Å². The van der Waals surface area contributed by atoms with E-state index in [-0.39, 0.29) is 0 Å². The van der Waals surface area contributed by atoms with Crippen molar-refractivity contribution in [1.29, 1.82) is 0 Å². The molecule has 1 aliphatic heterocycles. The maximum Gasteiger partial charge on any atom is 0.0385 e. The molecule has 20 heavy (non-hydrogen) atoms. The van der Waals surface area contributed by atoms with Crippen LogP contribution >= 0.6 is 11.8 Å². The van der Waals surface area contributed by atoms with E-state index in [1.165, 1.54) is 22.4 Å². The Morgan fingerprint density at radius 1 is 0.950 bits per heavy atom. The molecule has 0 fully saturated rings. The molecule has 3 rings (SSSR count). The van der Waals surface area contributed by atoms with Gasteiger partial charge < -0.3 is 0 Å². The lowest BCUT2D eigenvalue weighted by Gasteiger charge is -2.22. The standard InChI is InChI=1S/C19H18S/c1-14(2)13-19-17-9-5-3-7-15(17)11-12-16-8-4-6-10-18(16)20-19/h3-10,14,19H,13H2,1-2H3. The van der Waals surface area contributed by atoms with E-state index < -0.39 is 0 Å². The van der Waals surface area contributed by atoms with Gasteiger partial charge in [0.1, 0.15) is 0 Å². The molecule has 1 unspecified atom stereocenters. The first-order valence-electron chi connectivity index (χ1n) is 7.10. The topological polar surface area (TPSA) is 0 Å². The average Bonchev–Trinajstić information content (AvgIpc) is 2.43. The summed E-state index contributed by atoms with van der Waals surface area (Å²) in [5.74, 6) is 7.37. The van der Waals surface area contributed by atoms with Crippen LogP contribution in [0.5, 0.6) is 0 Å². The highest BCUT2D eigenvalue weighted by atomic mass is 32.2. The monoisotopic (exact) mass is 278 g/mol. The van der Waals surface area contributed by atoms with Gasteiger partial charge in [-0.25, -0.2) is 0 Å². The maximum atomic E-state index is 3.36. The number of hydrogen-bond donors (Lipinski definition) is 0. The van der Waals surface area contributed by atoms with Crippen LogP contribution < -0.4 is 0 Å². The summed E-state index contributed by atoms with van der Waals surface area (Å²) in [4.78, 5) is 1.31. The second-order valence-corrected chi connectivity index (χ2v) is 6.81. The first kappa shape index (κ1) is 13.3. The van der Waals surface area contributed by atoms with Crippen LogP contribution in [0.3, 0.4) is 0 Å². The fourth-order valence-electron chi connectivity index (χ4n) is 2.52. The second-order valence-electron chi connectivity index (χ2n) is 5.57. The fraction of sp³-hybridized carbons (Fsp3) is 0.263. The summed E-state index contributed by atoms with van der Waals surface area (Å²) in [6, 6.07) is 17.1. The molecule has 0 N–H and O–H groups in total. The van der Waals surface area contributed by atoms with Gasteiger partial charge in [-0.15, -0.1) is 11.8 Å². The molecule has 1 atom stereocenters. The number of hydrogen-bond acceptors (Lipinski definition) is 1. The normalized spacial score (nSPS) is 16.4. The second kappa shape index (κ2) is 5.77. The Balaban J connectivity index is 2.12. The molecule has 2 aromatic rings. The van der Waals surface area contributed by atoms with Gasteiger partial charge in [-0.3, -0.25) is 0 Å². The Kier molecular flexibility index (Phi) is 3.85. The smallest absolute Gasteiger partial charge is 0.0385 e. The highest BCUT2D eigenvalue weighted by molar-refractivity contribution is 7.99. The zero-order valence-corrected chi connectivity index (χ0v) is 12.7. The Morgan fingerprint density at radius 3 is 2.40 bits per heavy atom. The molecule has 1 aliphatic rings. The fourth-order valence-corrected chi connectivity index (χ4v) is 4.04. The largest absolute Gasteiger partial charge is 0.117 e. The average molecular weight is 278 g/mol. The number of benzene rings is 2. The van der Waals surface area contributed by atoms with E-state index in [0.29, 0.717) is 11.2 Å². The third-order valence-corrected chi connectivity index (χ3v) is 4.82. The van der Waals surface area contributed by atoms with Gasteiger partial charge in [0.2, 0.25) is 0 Å². The Labute approximate surface area is 125 Å². The predicted molar refractivity (Wildman–Crippen MR) is 86.9 cm³/mol. The highest BCUT2D eigenvalue weighted by Crippen LogP contribution is 2.42. The van der Waals surface area contributed by atoms with Crippen molar-refractivity contribution in [1.82, 2.24) is 0 Å². The van der Waals surface area contributed by atoms with E-state index in [4.69, 9.17) is 0 Å². The van der Waals surface area contributed by atoms with Crippen LogP contribution in [0.4, 0.5) is 0 Å². The molecule has 0 aliphatic carbocycles. The molecule has 1 heteroatoms. The van der Waals surface area contributed by atoms with Gasteiger partial charge in [-0.05, 0) is 36.1 Å². The molecular weight excluding hydrogens is 260 g/mol. The molecule has 0 bridgehead atoms. The van der Waals surface area contributed by atoms with E-state index >= 15 is 0 Å². The molecular formula is C19H18S. The highest BCUT2D eigenvalue weighted by Gasteiger charge is 2.19. The van der Waals surface area contributed by atoms with Crippen molar-refractivity contribution in [2.45, 2.75) is 30.4 Å². The van der Waals surface area contributed by atoms with Crippen molar-refractivity contribution in [3.8, 4) is 11.8 Å². The number of thioether (sulfide) groups is 1. The van der Waals surface area contributed by atoms with Crippen LogP contribution in [-0.2, 0) is 0 Å². The first-order chi connectivity index (χ1) is 9.74. The van der Waals surface area contributed by atoms with Crippen molar-refractivity contribution in [3.05, 3.63) is 65.2 Å². The molecule has 1 heterocycles. The quantitative estimate of drug-likeness (QED) is 0.673. The van der Waals surface area contributed by atoms with Gasteiger partial charge in [0, 0.05) is 21.3 Å². The minimum absolute atomic E-state index is 0.488. The van der Waals surface area contributed by atoms with Crippen molar-refractivity contribution in [2.24, 2.45) is 5.92 Å². The van der Waals surface area contributed by atoms with Crippen LogP contribution in [0, 0.1) is 17.8 Å². The van der Waals surface area contributed by atoms with Crippen LogP contribution in [0.1, 0.15) is 42.2 Å². The lowest BCUT2D eigenvalue weighted by Crippen LogP contribution is -2.03. The molecule has 0 nitrogen and oxygen atoms in total. The predicted octanol–water partition coefficient (Wildman–Crippen LogP) is 5.28. The van der Waals surface area contributed by atoms with E-state index in [1.807, 2.05) is 11.8 Å². The van der Waals surface area contributed by atoms with Gasteiger partial charge in [0.15, 0.2) is 0 Å². The lowest BCUT2D eigenvalue weighted by molar-refractivity contribution is 0.579. The molecule has 0 saturated heterocycles. The number of rotatable bonds is 2. The molecule has 0 spiro atoms.